The highest BCUT2D eigenvalue weighted by Crippen LogP contribution is 2.29. The Morgan fingerprint density at radius 3 is 2.68 bits per heavy atom. The van der Waals surface area contributed by atoms with Crippen molar-refractivity contribution in [3.8, 4) is 11.5 Å². The summed E-state index contributed by atoms with van der Waals surface area (Å²) < 4.78 is 5.14. The summed E-state index contributed by atoms with van der Waals surface area (Å²) in [7, 11) is 1.48. The van der Waals surface area contributed by atoms with Crippen LogP contribution in [0.4, 0.5) is 5.69 Å². The molecule has 0 spiro atoms. The lowest BCUT2D eigenvalue weighted by Crippen LogP contribution is -2.50. The van der Waals surface area contributed by atoms with Crippen molar-refractivity contribution in [2.75, 3.05) is 19.0 Å². The summed E-state index contributed by atoms with van der Waals surface area (Å²) in [4.78, 5) is 27.4. The second kappa shape index (κ2) is 8.71. The first-order chi connectivity index (χ1) is 13.4. The molecule has 8 heteroatoms. The molecule has 2 aromatic carbocycles. The van der Waals surface area contributed by atoms with Gasteiger partial charge in [-0.2, -0.15) is 0 Å². The van der Waals surface area contributed by atoms with Crippen LogP contribution in [-0.4, -0.2) is 41.5 Å². The zero-order valence-electron chi connectivity index (χ0n) is 15.2. The van der Waals surface area contributed by atoms with Crippen molar-refractivity contribution in [3.63, 3.8) is 0 Å². The summed E-state index contributed by atoms with van der Waals surface area (Å²) in [6.07, 6.45) is 2.12. The molecule has 0 bridgehead atoms. The number of halogens is 2. The van der Waals surface area contributed by atoms with E-state index in [0.29, 0.717) is 34.4 Å². The maximum absolute atomic E-state index is 13.1. The van der Waals surface area contributed by atoms with Gasteiger partial charge in [-0.25, -0.2) is 0 Å². The number of likely N-dealkylation sites (tertiary alicyclic amines) is 1. The van der Waals surface area contributed by atoms with Crippen LogP contribution in [0, 0.1) is 0 Å². The number of nitrogens with one attached hydrogen (secondary N) is 1. The monoisotopic (exact) mass is 422 g/mol. The van der Waals surface area contributed by atoms with Crippen molar-refractivity contribution in [2.24, 2.45) is 0 Å². The number of phenolic OH excluding ortho intramolecular Hbond substituents is 1. The first kappa shape index (κ1) is 20.3. The summed E-state index contributed by atoms with van der Waals surface area (Å²) >= 11 is 12.0. The van der Waals surface area contributed by atoms with Crippen LogP contribution in [0.2, 0.25) is 10.0 Å². The van der Waals surface area contributed by atoms with Crippen LogP contribution < -0.4 is 10.1 Å². The highest BCUT2D eigenvalue weighted by atomic mass is 35.5. The van der Waals surface area contributed by atoms with E-state index in [-0.39, 0.29) is 17.2 Å². The number of carbonyl (C=O) groups is 2. The van der Waals surface area contributed by atoms with Crippen LogP contribution in [-0.2, 0) is 4.79 Å². The Balaban J connectivity index is 1.83. The summed E-state index contributed by atoms with van der Waals surface area (Å²) in [5, 5.41) is 13.7. The Bertz CT molecular complexity index is 904. The van der Waals surface area contributed by atoms with Gasteiger partial charge in [0.25, 0.3) is 5.91 Å². The van der Waals surface area contributed by atoms with Gasteiger partial charge in [0.2, 0.25) is 5.91 Å². The maximum atomic E-state index is 13.1. The molecule has 1 saturated heterocycles. The van der Waals surface area contributed by atoms with Gasteiger partial charge in [-0.1, -0.05) is 23.2 Å². The molecule has 0 saturated carbocycles. The number of piperidine rings is 1. The molecular weight excluding hydrogens is 403 g/mol. The van der Waals surface area contributed by atoms with E-state index in [1.54, 1.807) is 18.2 Å². The van der Waals surface area contributed by atoms with Crippen LogP contribution in [0.5, 0.6) is 11.5 Å². The van der Waals surface area contributed by atoms with E-state index in [2.05, 4.69) is 5.32 Å². The van der Waals surface area contributed by atoms with Crippen LogP contribution in [0.3, 0.4) is 0 Å². The number of rotatable bonds is 4. The van der Waals surface area contributed by atoms with Gasteiger partial charge < -0.3 is 20.1 Å². The number of benzene rings is 2. The van der Waals surface area contributed by atoms with Gasteiger partial charge in [0.15, 0.2) is 0 Å². The molecule has 6 nitrogen and oxygen atoms in total. The number of amides is 2. The first-order valence-electron chi connectivity index (χ1n) is 8.84. The van der Waals surface area contributed by atoms with E-state index >= 15 is 0 Å². The lowest BCUT2D eigenvalue weighted by molar-refractivity contribution is -0.121. The molecule has 0 aromatic heterocycles. The summed E-state index contributed by atoms with van der Waals surface area (Å²) in [5.41, 5.74) is 0.529. The zero-order valence-corrected chi connectivity index (χ0v) is 16.8. The van der Waals surface area contributed by atoms with E-state index in [0.717, 1.165) is 12.8 Å². The number of hydrogen-bond acceptors (Lipinski definition) is 4. The van der Waals surface area contributed by atoms with Crippen molar-refractivity contribution >= 4 is 40.7 Å². The summed E-state index contributed by atoms with van der Waals surface area (Å²) in [5.74, 6) is -0.457. The van der Waals surface area contributed by atoms with Gasteiger partial charge in [-0.3, -0.25) is 9.59 Å². The molecule has 1 fully saturated rings. The Morgan fingerprint density at radius 2 is 1.96 bits per heavy atom. The second-order valence-electron chi connectivity index (χ2n) is 6.51. The quantitative estimate of drug-likeness (QED) is 0.767. The van der Waals surface area contributed by atoms with Crippen LogP contribution in [0.1, 0.15) is 29.6 Å². The zero-order chi connectivity index (χ0) is 20.3. The average molecular weight is 423 g/mol. The van der Waals surface area contributed by atoms with Crippen LogP contribution >= 0.6 is 23.2 Å². The Labute approximate surface area is 173 Å². The summed E-state index contributed by atoms with van der Waals surface area (Å²) in [6, 6.07) is 8.55. The Hall–Kier alpha value is -2.44. The summed E-state index contributed by atoms with van der Waals surface area (Å²) in [6.45, 7) is 0.419. The minimum absolute atomic E-state index is 0.101. The first-order valence-corrected chi connectivity index (χ1v) is 9.60. The maximum Gasteiger partial charge on any atom is 0.258 e. The second-order valence-corrected chi connectivity index (χ2v) is 7.35. The molecular formula is C20H20Cl2N2O4. The third-order valence-electron chi connectivity index (χ3n) is 4.69. The largest absolute Gasteiger partial charge is 0.507 e. The number of hydrogen-bond donors (Lipinski definition) is 2. The number of phenols is 1. The van der Waals surface area contributed by atoms with Gasteiger partial charge >= 0.3 is 0 Å². The molecule has 1 heterocycles. The van der Waals surface area contributed by atoms with Gasteiger partial charge in [0.1, 0.15) is 17.5 Å². The fraction of sp³-hybridized carbons (Fsp3) is 0.300. The molecule has 2 aromatic rings. The van der Waals surface area contributed by atoms with Crippen molar-refractivity contribution in [1.29, 1.82) is 0 Å². The molecule has 1 unspecified atom stereocenters. The van der Waals surface area contributed by atoms with Gasteiger partial charge in [0.05, 0.1) is 23.4 Å². The normalized spacial score (nSPS) is 16.5. The van der Waals surface area contributed by atoms with Crippen molar-refractivity contribution in [1.82, 2.24) is 4.90 Å². The lowest BCUT2D eigenvalue weighted by atomic mass is 9.99. The molecule has 3 rings (SSSR count). The highest BCUT2D eigenvalue weighted by Gasteiger charge is 2.34. The highest BCUT2D eigenvalue weighted by molar-refractivity contribution is 6.36. The molecule has 2 amide bonds. The van der Waals surface area contributed by atoms with E-state index in [9.17, 15) is 14.7 Å². The predicted octanol–water partition coefficient (Wildman–Crippen LogP) is 4.34. The van der Waals surface area contributed by atoms with Crippen molar-refractivity contribution in [2.45, 2.75) is 25.3 Å². The number of ether oxygens (including phenoxy) is 1. The molecule has 28 heavy (non-hydrogen) atoms. The smallest absolute Gasteiger partial charge is 0.258 e. The SMILES string of the molecule is COc1ccc(O)c(C(=O)N2CCCCC2C(=O)Nc2ccc(Cl)cc2Cl)c1. The van der Waals surface area contributed by atoms with E-state index in [4.69, 9.17) is 27.9 Å². The van der Waals surface area contributed by atoms with E-state index in [1.165, 1.54) is 30.2 Å². The van der Waals surface area contributed by atoms with Crippen molar-refractivity contribution < 1.29 is 19.4 Å². The molecule has 1 atom stereocenters. The molecule has 0 radical (unpaired) electrons. The minimum Gasteiger partial charge on any atom is -0.507 e. The van der Waals surface area contributed by atoms with E-state index < -0.39 is 11.9 Å². The topological polar surface area (TPSA) is 78.9 Å². The fourth-order valence-electron chi connectivity index (χ4n) is 3.22. The van der Waals surface area contributed by atoms with Gasteiger partial charge in [-0.05, 0) is 55.7 Å². The Morgan fingerprint density at radius 1 is 1.18 bits per heavy atom. The lowest BCUT2D eigenvalue weighted by Gasteiger charge is -2.35. The van der Waals surface area contributed by atoms with Crippen molar-refractivity contribution in [3.05, 3.63) is 52.0 Å². The third-order valence-corrected chi connectivity index (χ3v) is 5.24. The molecule has 148 valence electrons. The Kier molecular flexibility index (Phi) is 6.31. The molecule has 2 N–H and O–H groups in total. The standard InChI is InChI=1S/C20H20Cl2N2O4/c1-28-13-6-8-18(25)14(11-13)20(27)24-9-3-2-4-17(24)19(26)23-16-7-5-12(21)10-15(16)22/h5-8,10-11,17,25H,2-4,9H2,1H3,(H,23,26). The molecule has 1 aliphatic heterocycles. The number of nitrogens with zero attached hydrogens (tertiary/aromatic N) is 1. The number of anilines is 1. The minimum atomic E-state index is -0.668. The molecule has 0 aliphatic carbocycles. The van der Waals surface area contributed by atoms with E-state index in [1.807, 2.05) is 0 Å². The number of methoxy groups -OCH3 is 1. The number of carbonyl (C=O) groups excluding carboxylic acids is 2. The average Bonchev–Trinajstić information content (AvgIpc) is 2.70. The van der Waals surface area contributed by atoms with Crippen LogP contribution in [0.25, 0.3) is 0 Å². The van der Waals surface area contributed by atoms with Gasteiger partial charge in [-0.15, -0.1) is 0 Å². The third kappa shape index (κ3) is 4.34. The number of aromatic hydroxyl groups is 1. The molecule has 1 aliphatic rings. The van der Waals surface area contributed by atoms with Gasteiger partial charge in [0, 0.05) is 11.6 Å². The predicted molar refractivity (Wildman–Crippen MR) is 108 cm³/mol. The van der Waals surface area contributed by atoms with Crippen LogP contribution in [0.15, 0.2) is 36.4 Å². The fourth-order valence-corrected chi connectivity index (χ4v) is 3.68.